The van der Waals surface area contributed by atoms with E-state index in [0.717, 1.165) is 6.42 Å². The number of nitrogens with one attached hydrogen (secondary N) is 3. The van der Waals surface area contributed by atoms with Crippen molar-refractivity contribution in [3.63, 3.8) is 0 Å². The lowest BCUT2D eigenvalue weighted by Crippen LogP contribution is -2.51. The summed E-state index contributed by atoms with van der Waals surface area (Å²) in [6.45, 7) is 9.06. The molecular weight excluding hydrogens is 430 g/mol. The van der Waals surface area contributed by atoms with Crippen molar-refractivity contribution in [1.82, 2.24) is 19.6 Å². The van der Waals surface area contributed by atoms with Crippen LogP contribution in [0.3, 0.4) is 0 Å². The Morgan fingerprint density at radius 2 is 2.09 bits per heavy atom. The summed E-state index contributed by atoms with van der Waals surface area (Å²) in [5.41, 5.74) is 0.964. The normalized spacial score (nSPS) is 17.3. The van der Waals surface area contributed by atoms with Gasteiger partial charge in [-0.15, -0.1) is 0 Å². The molecule has 1 saturated heterocycles. The van der Waals surface area contributed by atoms with E-state index in [0.29, 0.717) is 55.2 Å². The van der Waals surface area contributed by atoms with Crippen LogP contribution < -0.4 is 15.6 Å². The average molecular weight is 462 g/mol. The zero-order chi connectivity index (χ0) is 23.5. The van der Waals surface area contributed by atoms with Gasteiger partial charge in [-0.05, 0) is 45.4 Å². The Morgan fingerprint density at radius 3 is 2.75 bits per heavy atom. The molecule has 1 aliphatic heterocycles. The fourth-order valence-corrected chi connectivity index (χ4v) is 5.28. The number of H-pyrrole nitrogens is 1. The summed E-state index contributed by atoms with van der Waals surface area (Å²) in [6, 6.07) is 4.66. The molecule has 0 unspecified atom stereocenters. The SMILES string of the molecule is CCCC(=N)c1nc(-c2cc(S(=O)(=O)N3CCN[C@@H](C)C3)ccc2OCC)[nH]c(=O)c1C. The summed E-state index contributed by atoms with van der Waals surface area (Å²) in [5, 5.41) is 11.5. The lowest BCUT2D eigenvalue weighted by atomic mass is 10.1. The Hall–Kier alpha value is -2.56. The quantitative estimate of drug-likeness (QED) is 0.518. The Labute approximate surface area is 188 Å². The molecule has 3 rings (SSSR count). The maximum Gasteiger partial charge on any atom is 0.254 e. The van der Waals surface area contributed by atoms with Crippen molar-refractivity contribution in [3.05, 3.63) is 39.8 Å². The number of hydrogen-bond acceptors (Lipinski definition) is 7. The number of piperazine rings is 1. The van der Waals surface area contributed by atoms with E-state index >= 15 is 0 Å². The van der Waals surface area contributed by atoms with Crippen LogP contribution in [0.2, 0.25) is 0 Å². The maximum atomic E-state index is 13.3. The summed E-state index contributed by atoms with van der Waals surface area (Å²) in [6.07, 6.45) is 1.24. The first kappa shape index (κ1) is 24.1. The summed E-state index contributed by atoms with van der Waals surface area (Å²) < 4.78 is 33.8. The van der Waals surface area contributed by atoms with Crippen molar-refractivity contribution < 1.29 is 13.2 Å². The van der Waals surface area contributed by atoms with Crippen LogP contribution in [0.1, 0.15) is 44.9 Å². The van der Waals surface area contributed by atoms with Gasteiger partial charge in [-0.1, -0.05) is 13.3 Å². The highest BCUT2D eigenvalue weighted by molar-refractivity contribution is 7.89. The van der Waals surface area contributed by atoms with Crippen LogP contribution in [0, 0.1) is 12.3 Å². The van der Waals surface area contributed by atoms with Crippen molar-refractivity contribution in [2.75, 3.05) is 26.2 Å². The first-order valence-electron chi connectivity index (χ1n) is 10.9. The van der Waals surface area contributed by atoms with E-state index in [-0.39, 0.29) is 28.0 Å². The minimum absolute atomic E-state index is 0.0583. The first-order valence-corrected chi connectivity index (χ1v) is 12.3. The highest BCUT2D eigenvalue weighted by Gasteiger charge is 2.29. The Balaban J connectivity index is 2.14. The van der Waals surface area contributed by atoms with Gasteiger partial charge in [-0.3, -0.25) is 4.79 Å². The van der Waals surface area contributed by atoms with Gasteiger partial charge in [-0.2, -0.15) is 4.31 Å². The third kappa shape index (κ3) is 4.92. The number of benzene rings is 1. The van der Waals surface area contributed by atoms with Crippen LogP contribution >= 0.6 is 0 Å². The molecule has 1 aromatic heterocycles. The second kappa shape index (κ2) is 9.93. The maximum absolute atomic E-state index is 13.3. The predicted octanol–water partition coefficient (Wildman–Crippen LogP) is 2.29. The summed E-state index contributed by atoms with van der Waals surface area (Å²) in [4.78, 5) is 20.0. The molecule has 2 aromatic rings. The Morgan fingerprint density at radius 1 is 1.34 bits per heavy atom. The molecule has 32 heavy (non-hydrogen) atoms. The van der Waals surface area contributed by atoms with E-state index in [9.17, 15) is 13.2 Å². The zero-order valence-electron chi connectivity index (χ0n) is 19.0. The van der Waals surface area contributed by atoms with E-state index in [1.807, 2.05) is 20.8 Å². The molecule has 10 heteroatoms. The van der Waals surface area contributed by atoms with E-state index in [4.69, 9.17) is 10.1 Å². The number of hydrogen-bond donors (Lipinski definition) is 3. The van der Waals surface area contributed by atoms with Gasteiger partial charge in [0.05, 0.1) is 28.5 Å². The molecule has 3 N–H and O–H groups in total. The molecule has 0 bridgehead atoms. The smallest absolute Gasteiger partial charge is 0.254 e. The van der Waals surface area contributed by atoms with Gasteiger partial charge in [0.1, 0.15) is 11.6 Å². The zero-order valence-corrected chi connectivity index (χ0v) is 19.8. The van der Waals surface area contributed by atoms with Crippen molar-refractivity contribution >= 4 is 15.7 Å². The Bertz CT molecular complexity index is 1160. The monoisotopic (exact) mass is 461 g/mol. The number of nitrogens with zero attached hydrogens (tertiary/aromatic N) is 2. The van der Waals surface area contributed by atoms with Crippen LogP contribution in [0.4, 0.5) is 0 Å². The van der Waals surface area contributed by atoms with Crippen molar-refractivity contribution in [1.29, 1.82) is 5.41 Å². The number of aromatic nitrogens is 2. The molecule has 174 valence electrons. The van der Waals surface area contributed by atoms with E-state index in [1.165, 1.54) is 16.4 Å². The van der Waals surface area contributed by atoms with E-state index < -0.39 is 10.0 Å². The molecule has 1 aliphatic rings. The highest BCUT2D eigenvalue weighted by Crippen LogP contribution is 2.32. The fourth-order valence-electron chi connectivity index (χ4n) is 3.72. The van der Waals surface area contributed by atoms with Gasteiger partial charge in [0.15, 0.2) is 0 Å². The average Bonchev–Trinajstić information content (AvgIpc) is 2.76. The molecule has 2 heterocycles. The van der Waals surface area contributed by atoms with Crippen LogP contribution in [0.5, 0.6) is 5.75 Å². The lowest BCUT2D eigenvalue weighted by molar-refractivity contribution is 0.310. The largest absolute Gasteiger partial charge is 0.493 e. The van der Waals surface area contributed by atoms with E-state index in [1.54, 1.807) is 13.0 Å². The van der Waals surface area contributed by atoms with Crippen LogP contribution in [-0.2, 0) is 10.0 Å². The molecular formula is C22H31N5O4S. The van der Waals surface area contributed by atoms with Gasteiger partial charge >= 0.3 is 0 Å². The summed E-state index contributed by atoms with van der Waals surface area (Å²) >= 11 is 0. The molecule has 0 saturated carbocycles. The second-order valence-electron chi connectivity index (χ2n) is 7.93. The summed E-state index contributed by atoms with van der Waals surface area (Å²) in [7, 11) is -3.73. The van der Waals surface area contributed by atoms with Crippen LogP contribution in [0.25, 0.3) is 11.4 Å². The highest BCUT2D eigenvalue weighted by atomic mass is 32.2. The molecule has 1 fully saturated rings. The van der Waals surface area contributed by atoms with Crippen LogP contribution in [-0.4, -0.2) is 60.7 Å². The third-order valence-electron chi connectivity index (χ3n) is 5.41. The Kier molecular flexibility index (Phi) is 7.47. The predicted molar refractivity (Wildman–Crippen MR) is 124 cm³/mol. The summed E-state index contributed by atoms with van der Waals surface area (Å²) in [5.74, 6) is 0.603. The molecule has 9 nitrogen and oxygen atoms in total. The first-order chi connectivity index (χ1) is 15.2. The topological polar surface area (TPSA) is 128 Å². The number of aromatic amines is 1. The minimum atomic E-state index is -3.73. The molecule has 0 spiro atoms. The second-order valence-corrected chi connectivity index (χ2v) is 9.86. The van der Waals surface area contributed by atoms with E-state index in [2.05, 4.69) is 15.3 Å². The van der Waals surface area contributed by atoms with Gasteiger partial charge in [0.25, 0.3) is 5.56 Å². The fraction of sp³-hybridized carbons (Fsp3) is 0.500. The molecule has 0 amide bonds. The molecule has 0 radical (unpaired) electrons. The van der Waals surface area contributed by atoms with Gasteiger partial charge in [0.2, 0.25) is 10.0 Å². The molecule has 0 aliphatic carbocycles. The minimum Gasteiger partial charge on any atom is -0.493 e. The van der Waals surface area contributed by atoms with Crippen molar-refractivity contribution in [2.24, 2.45) is 0 Å². The van der Waals surface area contributed by atoms with Crippen LogP contribution in [0.15, 0.2) is 27.9 Å². The lowest BCUT2D eigenvalue weighted by Gasteiger charge is -2.31. The number of rotatable bonds is 8. The van der Waals surface area contributed by atoms with Crippen molar-refractivity contribution in [2.45, 2.75) is 51.5 Å². The number of ether oxygens (including phenoxy) is 1. The van der Waals surface area contributed by atoms with Crippen molar-refractivity contribution in [3.8, 4) is 17.1 Å². The van der Waals surface area contributed by atoms with Gasteiger partial charge in [-0.25, -0.2) is 13.4 Å². The molecule has 1 atom stereocenters. The molecule has 1 aromatic carbocycles. The number of sulfonamides is 1. The van der Waals surface area contributed by atoms with Gasteiger partial charge in [0, 0.05) is 31.2 Å². The standard InChI is InChI=1S/C22H31N5O4S/c1-5-7-18(23)20-15(4)22(28)26-21(25-20)17-12-16(8-9-19(17)31-6-2)32(29,30)27-11-10-24-14(3)13-27/h8-9,12,14,23-24H,5-7,10-11,13H2,1-4H3,(H,25,26,28)/t14-/m0/s1. The third-order valence-corrected chi connectivity index (χ3v) is 7.27. The van der Waals surface area contributed by atoms with Gasteiger partial charge < -0.3 is 20.4 Å².